The van der Waals surface area contributed by atoms with Gasteiger partial charge in [-0.1, -0.05) is 166 Å². The summed E-state index contributed by atoms with van der Waals surface area (Å²) in [6, 6.07) is 63.3. The lowest BCUT2D eigenvalue weighted by Gasteiger charge is -2.22. The maximum Gasteiger partial charge on any atom is 0.0158 e. The fraction of sp³-hybridized carbons (Fsp3) is 0.0612. The molecular formula is C49H34. The highest BCUT2D eigenvalue weighted by molar-refractivity contribution is 6.26. The Kier molecular flexibility index (Phi) is 6.02. The summed E-state index contributed by atoms with van der Waals surface area (Å²) in [5.74, 6) is 0. The molecule has 0 unspecified atom stereocenters. The Balaban J connectivity index is 1.35. The second-order valence-electron chi connectivity index (χ2n) is 14.0. The third-order valence-electron chi connectivity index (χ3n) is 11.0. The zero-order valence-corrected chi connectivity index (χ0v) is 27.7. The molecule has 0 amide bonds. The molecule has 0 spiro atoms. The van der Waals surface area contributed by atoms with Crippen LogP contribution in [0.25, 0.3) is 87.6 Å². The second-order valence-corrected chi connectivity index (χ2v) is 14.0. The van der Waals surface area contributed by atoms with Crippen LogP contribution in [0.4, 0.5) is 0 Å². The van der Waals surface area contributed by atoms with Crippen molar-refractivity contribution in [2.45, 2.75) is 19.3 Å². The molecule has 0 bridgehead atoms. The van der Waals surface area contributed by atoms with E-state index in [-0.39, 0.29) is 5.41 Å². The highest BCUT2D eigenvalue weighted by atomic mass is 14.4. The summed E-state index contributed by atoms with van der Waals surface area (Å²) in [7, 11) is 0. The lowest BCUT2D eigenvalue weighted by atomic mass is 9.81. The molecule has 9 aromatic carbocycles. The van der Waals surface area contributed by atoms with Gasteiger partial charge in [0.15, 0.2) is 0 Å². The van der Waals surface area contributed by atoms with Gasteiger partial charge in [-0.05, 0) is 117 Å². The number of benzene rings is 9. The van der Waals surface area contributed by atoms with Crippen LogP contribution in [0, 0.1) is 0 Å². The van der Waals surface area contributed by atoms with E-state index in [0.29, 0.717) is 0 Å². The molecule has 0 nitrogen and oxygen atoms in total. The van der Waals surface area contributed by atoms with Crippen molar-refractivity contribution in [3.8, 4) is 44.5 Å². The SMILES string of the molecule is CC1(C)c2ccccc2-c2cc(-c3c4ccccc4c(-c4cc5ccccc5c5ccccc45)c4ccc(-c5ccccc5)cc34)ccc21. The second kappa shape index (κ2) is 10.5. The molecule has 0 fully saturated rings. The minimum Gasteiger partial charge on any atom is -0.0622 e. The van der Waals surface area contributed by atoms with E-state index in [9.17, 15) is 0 Å². The van der Waals surface area contributed by atoms with Gasteiger partial charge in [0, 0.05) is 5.41 Å². The summed E-state index contributed by atoms with van der Waals surface area (Å²) in [4.78, 5) is 0. The van der Waals surface area contributed by atoms with Crippen molar-refractivity contribution >= 4 is 43.1 Å². The minimum absolute atomic E-state index is 0.0317. The van der Waals surface area contributed by atoms with E-state index < -0.39 is 0 Å². The molecule has 0 N–H and O–H groups in total. The van der Waals surface area contributed by atoms with Gasteiger partial charge in [0.25, 0.3) is 0 Å². The van der Waals surface area contributed by atoms with Crippen LogP contribution in [-0.4, -0.2) is 0 Å². The topological polar surface area (TPSA) is 0 Å². The van der Waals surface area contributed by atoms with Crippen molar-refractivity contribution in [1.82, 2.24) is 0 Å². The Hall–Kier alpha value is -5.98. The molecule has 0 aromatic heterocycles. The van der Waals surface area contributed by atoms with Crippen LogP contribution < -0.4 is 0 Å². The van der Waals surface area contributed by atoms with Crippen LogP contribution in [-0.2, 0) is 5.41 Å². The Labute approximate surface area is 286 Å². The molecule has 0 atom stereocenters. The predicted octanol–water partition coefficient (Wildman–Crippen LogP) is 13.6. The first-order valence-corrected chi connectivity index (χ1v) is 17.3. The highest BCUT2D eigenvalue weighted by Crippen LogP contribution is 2.52. The van der Waals surface area contributed by atoms with Crippen LogP contribution in [0.15, 0.2) is 170 Å². The maximum atomic E-state index is 2.46. The smallest absolute Gasteiger partial charge is 0.0158 e. The lowest BCUT2D eigenvalue weighted by molar-refractivity contribution is 0.660. The summed E-state index contributed by atoms with van der Waals surface area (Å²) in [5.41, 5.74) is 13.0. The van der Waals surface area contributed by atoms with Gasteiger partial charge < -0.3 is 0 Å². The van der Waals surface area contributed by atoms with E-state index in [4.69, 9.17) is 0 Å². The normalized spacial score (nSPS) is 13.3. The largest absolute Gasteiger partial charge is 0.0622 e. The molecule has 0 aliphatic heterocycles. The first kappa shape index (κ1) is 28.1. The summed E-state index contributed by atoms with van der Waals surface area (Å²) in [5, 5.41) is 10.2. The number of rotatable bonds is 3. The van der Waals surface area contributed by atoms with Gasteiger partial charge in [-0.15, -0.1) is 0 Å². The first-order valence-electron chi connectivity index (χ1n) is 17.3. The molecule has 1 aliphatic carbocycles. The van der Waals surface area contributed by atoms with E-state index in [2.05, 4.69) is 184 Å². The molecule has 0 saturated carbocycles. The van der Waals surface area contributed by atoms with Gasteiger partial charge in [0.1, 0.15) is 0 Å². The Morgan fingerprint density at radius 1 is 0.306 bits per heavy atom. The van der Waals surface area contributed by atoms with Gasteiger partial charge in [0.05, 0.1) is 0 Å². The predicted molar refractivity (Wildman–Crippen MR) is 210 cm³/mol. The van der Waals surface area contributed by atoms with Gasteiger partial charge in [-0.2, -0.15) is 0 Å². The van der Waals surface area contributed by atoms with Crippen LogP contribution >= 0.6 is 0 Å². The standard InChI is InChI=1S/C49H34/c1-49(2)45-23-13-12-20-38(45)42-30-34(25-27-46(42)49)47-39-21-10-11-22-40(39)48(41-26-24-32(28-44(41)47)31-14-4-3-5-15-31)43-29-33-16-6-7-17-35(33)36-18-8-9-19-37(36)43/h3-30H,1-2H3. The van der Waals surface area contributed by atoms with Crippen molar-refractivity contribution in [3.05, 3.63) is 181 Å². The van der Waals surface area contributed by atoms with Crippen molar-refractivity contribution in [2.24, 2.45) is 0 Å². The summed E-state index contributed by atoms with van der Waals surface area (Å²) >= 11 is 0. The maximum absolute atomic E-state index is 2.46. The first-order chi connectivity index (χ1) is 24.1. The quantitative estimate of drug-likeness (QED) is 0.136. The molecule has 0 saturated heterocycles. The molecule has 0 heteroatoms. The summed E-state index contributed by atoms with van der Waals surface area (Å²) in [6.45, 7) is 4.72. The molecule has 0 radical (unpaired) electrons. The summed E-state index contributed by atoms with van der Waals surface area (Å²) < 4.78 is 0. The van der Waals surface area contributed by atoms with Crippen LogP contribution in [0.3, 0.4) is 0 Å². The highest BCUT2D eigenvalue weighted by Gasteiger charge is 2.35. The summed E-state index contributed by atoms with van der Waals surface area (Å²) in [6.07, 6.45) is 0. The third kappa shape index (κ3) is 4.11. The van der Waals surface area contributed by atoms with Crippen molar-refractivity contribution < 1.29 is 0 Å². The van der Waals surface area contributed by atoms with E-state index in [0.717, 1.165) is 0 Å². The Morgan fingerprint density at radius 3 is 1.71 bits per heavy atom. The molecule has 10 rings (SSSR count). The van der Waals surface area contributed by atoms with E-state index >= 15 is 0 Å². The van der Waals surface area contributed by atoms with Crippen LogP contribution in [0.2, 0.25) is 0 Å². The fourth-order valence-corrected chi connectivity index (χ4v) is 8.73. The molecule has 230 valence electrons. The zero-order chi connectivity index (χ0) is 32.7. The van der Waals surface area contributed by atoms with Gasteiger partial charge in [-0.25, -0.2) is 0 Å². The van der Waals surface area contributed by atoms with Gasteiger partial charge in [0.2, 0.25) is 0 Å². The molecule has 0 heterocycles. The van der Waals surface area contributed by atoms with E-state index in [1.165, 1.54) is 98.7 Å². The number of fused-ring (bicyclic) bond motifs is 8. The third-order valence-corrected chi connectivity index (χ3v) is 11.0. The molecule has 1 aliphatic rings. The van der Waals surface area contributed by atoms with Gasteiger partial charge >= 0.3 is 0 Å². The lowest BCUT2D eigenvalue weighted by Crippen LogP contribution is -2.14. The molecular weight excluding hydrogens is 589 g/mol. The average molecular weight is 623 g/mol. The minimum atomic E-state index is -0.0317. The van der Waals surface area contributed by atoms with Crippen LogP contribution in [0.5, 0.6) is 0 Å². The van der Waals surface area contributed by atoms with E-state index in [1.807, 2.05) is 0 Å². The molecule has 49 heavy (non-hydrogen) atoms. The Bertz CT molecular complexity index is 2780. The van der Waals surface area contributed by atoms with Crippen LogP contribution in [0.1, 0.15) is 25.0 Å². The van der Waals surface area contributed by atoms with Crippen molar-refractivity contribution in [3.63, 3.8) is 0 Å². The van der Waals surface area contributed by atoms with Gasteiger partial charge in [-0.3, -0.25) is 0 Å². The number of hydrogen-bond acceptors (Lipinski definition) is 0. The monoisotopic (exact) mass is 622 g/mol. The molecule has 9 aromatic rings. The van der Waals surface area contributed by atoms with Crippen molar-refractivity contribution in [1.29, 1.82) is 0 Å². The zero-order valence-electron chi connectivity index (χ0n) is 27.7. The van der Waals surface area contributed by atoms with Crippen molar-refractivity contribution in [2.75, 3.05) is 0 Å². The fourth-order valence-electron chi connectivity index (χ4n) is 8.73. The van der Waals surface area contributed by atoms with E-state index in [1.54, 1.807) is 0 Å². The average Bonchev–Trinajstić information content (AvgIpc) is 3.39. The number of hydrogen-bond donors (Lipinski definition) is 0. The Morgan fingerprint density at radius 2 is 0.898 bits per heavy atom.